The minimum atomic E-state index is 0.0133. The van der Waals surface area contributed by atoms with Crippen molar-refractivity contribution >= 4 is 0 Å². The lowest BCUT2D eigenvalue weighted by Gasteiger charge is -2.24. The quantitative estimate of drug-likeness (QED) is 0.813. The molecule has 0 aliphatic heterocycles. The van der Waals surface area contributed by atoms with E-state index in [1.54, 1.807) is 0 Å². The fourth-order valence-corrected chi connectivity index (χ4v) is 2.84. The summed E-state index contributed by atoms with van der Waals surface area (Å²) in [6.07, 6.45) is 4.49. The number of benzene rings is 1. The van der Waals surface area contributed by atoms with Crippen LogP contribution < -0.4 is 5.73 Å². The van der Waals surface area contributed by atoms with E-state index < -0.39 is 0 Å². The number of nitrogens with two attached hydrogens (primary N) is 1. The van der Waals surface area contributed by atoms with Gasteiger partial charge in [-0.2, -0.15) is 0 Å². The van der Waals surface area contributed by atoms with Crippen LogP contribution in [0.2, 0.25) is 0 Å². The van der Waals surface area contributed by atoms with Crippen LogP contribution in [0, 0.1) is 11.3 Å². The predicted octanol–water partition coefficient (Wildman–Crippen LogP) is 1.97. The van der Waals surface area contributed by atoms with Crippen LogP contribution in [0.15, 0.2) is 30.3 Å². The highest BCUT2D eigenvalue weighted by molar-refractivity contribution is 5.15. The van der Waals surface area contributed by atoms with E-state index in [2.05, 4.69) is 30.3 Å². The van der Waals surface area contributed by atoms with E-state index in [0.29, 0.717) is 12.5 Å². The second kappa shape index (κ2) is 4.98. The third-order valence-corrected chi connectivity index (χ3v) is 3.94. The number of aliphatic hydroxyl groups excluding tert-OH is 1. The summed E-state index contributed by atoms with van der Waals surface area (Å²) in [6.45, 7) is 0.865. The molecule has 0 bridgehead atoms. The normalized spacial score (nSPS) is 29.5. The highest BCUT2D eigenvalue weighted by Gasteiger charge is 2.37. The summed E-state index contributed by atoms with van der Waals surface area (Å²) in [4.78, 5) is 0. The van der Waals surface area contributed by atoms with Gasteiger partial charge in [-0.3, -0.25) is 0 Å². The molecule has 16 heavy (non-hydrogen) atoms. The van der Waals surface area contributed by atoms with Gasteiger partial charge in [-0.1, -0.05) is 30.3 Å². The van der Waals surface area contributed by atoms with Crippen LogP contribution >= 0.6 is 0 Å². The average molecular weight is 219 g/mol. The van der Waals surface area contributed by atoms with Crippen LogP contribution in [0.25, 0.3) is 0 Å². The average Bonchev–Trinajstić information content (AvgIpc) is 2.75. The van der Waals surface area contributed by atoms with Crippen molar-refractivity contribution in [3.63, 3.8) is 0 Å². The molecular weight excluding hydrogens is 198 g/mol. The van der Waals surface area contributed by atoms with Gasteiger partial charge in [0.1, 0.15) is 0 Å². The van der Waals surface area contributed by atoms with Gasteiger partial charge in [0.05, 0.1) is 0 Å². The first-order chi connectivity index (χ1) is 7.78. The van der Waals surface area contributed by atoms with Crippen molar-refractivity contribution in [1.29, 1.82) is 0 Å². The lowest BCUT2D eigenvalue weighted by atomic mass is 9.85. The zero-order valence-corrected chi connectivity index (χ0v) is 9.73. The third-order valence-electron chi connectivity index (χ3n) is 3.94. The van der Waals surface area contributed by atoms with E-state index in [1.165, 1.54) is 12.0 Å². The molecule has 1 aliphatic rings. The number of rotatable bonds is 4. The summed E-state index contributed by atoms with van der Waals surface area (Å²) in [6, 6.07) is 10.6. The number of aliphatic hydroxyl groups is 1. The van der Waals surface area contributed by atoms with Gasteiger partial charge in [0.25, 0.3) is 0 Å². The van der Waals surface area contributed by atoms with Gasteiger partial charge in [0.2, 0.25) is 0 Å². The molecule has 0 amide bonds. The van der Waals surface area contributed by atoms with Crippen molar-refractivity contribution in [1.82, 2.24) is 0 Å². The second-order valence-electron chi connectivity index (χ2n) is 5.16. The van der Waals surface area contributed by atoms with E-state index in [-0.39, 0.29) is 12.0 Å². The molecule has 1 fully saturated rings. The van der Waals surface area contributed by atoms with Crippen LogP contribution in [0.5, 0.6) is 0 Å². The van der Waals surface area contributed by atoms with Gasteiger partial charge in [-0.15, -0.1) is 0 Å². The maximum Gasteiger partial charge on any atom is 0.0499 e. The molecule has 0 saturated heterocycles. The van der Waals surface area contributed by atoms with Crippen LogP contribution in [-0.4, -0.2) is 18.3 Å². The maximum absolute atomic E-state index is 9.42. The molecule has 0 spiro atoms. The van der Waals surface area contributed by atoms with Gasteiger partial charge >= 0.3 is 0 Å². The Balaban J connectivity index is 1.95. The molecule has 2 nitrogen and oxygen atoms in total. The highest BCUT2D eigenvalue weighted by atomic mass is 16.3. The lowest BCUT2D eigenvalue weighted by Crippen LogP contribution is -2.31. The first-order valence-electron chi connectivity index (χ1n) is 6.13. The van der Waals surface area contributed by atoms with Gasteiger partial charge in [-0.25, -0.2) is 0 Å². The lowest BCUT2D eigenvalue weighted by molar-refractivity contribution is 0.133. The fourth-order valence-electron chi connectivity index (χ4n) is 2.84. The molecule has 2 rings (SSSR count). The molecule has 88 valence electrons. The van der Waals surface area contributed by atoms with Crippen molar-refractivity contribution in [3.8, 4) is 0 Å². The zero-order chi connectivity index (χ0) is 11.4. The van der Waals surface area contributed by atoms with Crippen molar-refractivity contribution in [2.45, 2.75) is 25.7 Å². The van der Waals surface area contributed by atoms with E-state index in [9.17, 15) is 5.11 Å². The largest absolute Gasteiger partial charge is 0.396 e. The van der Waals surface area contributed by atoms with Crippen molar-refractivity contribution in [2.24, 2.45) is 17.1 Å². The van der Waals surface area contributed by atoms with Crippen molar-refractivity contribution < 1.29 is 5.11 Å². The van der Waals surface area contributed by atoms with Gasteiger partial charge < -0.3 is 10.8 Å². The smallest absolute Gasteiger partial charge is 0.0499 e. The molecule has 1 saturated carbocycles. The molecule has 2 atom stereocenters. The summed E-state index contributed by atoms with van der Waals surface area (Å²) in [5, 5.41) is 9.42. The van der Waals surface area contributed by atoms with Crippen molar-refractivity contribution in [2.75, 3.05) is 13.2 Å². The predicted molar refractivity (Wildman–Crippen MR) is 66.1 cm³/mol. The maximum atomic E-state index is 9.42. The standard InChI is InChI=1S/C14H21NO/c15-10-14(11-16)7-6-13(9-14)8-12-4-2-1-3-5-12/h1-5,13,16H,6-11,15H2. The first kappa shape index (κ1) is 11.6. The Morgan fingerprint density at radius 1 is 1.31 bits per heavy atom. The van der Waals surface area contributed by atoms with Crippen LogP contribution in [0.1, 0.15) is 24.8 Å². The minimum Gasteiger partial charge on any atom is -0.396 e. The topological polar surface area (TPSA) is 46.2 Å². The van der Waals surface area contributed by atoms with E-state index >= 15 is 0 Å². The Morgan fingerprint density at radius 2 is 2.06 bits per heavy atom. The molecule has 3 N–H and O–H groups in total. The molecule has 0 radical (unpaired) electrons. The summed E-state index contributed by atoms with van der Waals surface area (Å²) < 4.78 is 0. The molecule has 0 heterocycles. The van der Waals surface area contributed by atoms with Gasteiger partial charge in [-0.05, 0) is 37.2 Å². The Labute approximate surface area is 97.5 Å². The van der Waals surface area contributed by atoms with Crippen LogP contribution in [-0.2, 0) is 6.42 Å². The zero-order valence-electron chi connectivity index (χ0n) is 9.73. The van der Waals surface area contributed by atoms with Crippen LogP contribution in [0.3, 0.4) is 0 Å². The van der Waals surface area contributed by atoms with Gasteiger partial charge in [0, 0.05) is 18.6 Å². The summed E-state index contributed by atoms with van der Waals surface area (Å²) in [5.41, 5.74) is 7.19. The Kier molecular flexibility index (Phi) is 3.62. The van der Waals surface area contributed by atoms with E-state index in [4.69, 9.17) is 5.73 Å². The molecule has 2 unspecified atom stereocenters. The molecule has 1 aromatic rings. The summed E-state index contributed by atoms with van der Waals surface area (Å²) >= 11 is 0. The summed E-state index contributed by atoms with van der Waals surface area (Å²) in [5.74, 6) is 0.693. The molecule has 2 heteroatoms. The van der Waals surface area contributed by atoms with Gasteiger partial charge in [0.15, 0.2) is 0 Å². The summed E-state index contributed by atoms with van der Waals surface area (Å²) in [7, 11) is 0. The third kappa shape index (κ3) is 2.45. The Morgan fingerprint density at radius 3 is 2.62 bits per heavy atom. The number of hydrogen-bond acceptors (Lipinski definition) is 2. The molecule has 1 aromatic carbocycles. The Hall–Kier alpha value is -0.860. The highest BCUT2D eigenvalue weighted by Crippen LogP contribution is 2.41. The molecule has 0 aromatic heterocycles. The molecular formula is C14H21NO. The van der Waals surface area contributed by atoms with E-state index in [1.807, 2.05) is 0 Å². The number of hydrogen-bond donors (Lipinski definition) is 2. The van der Waals surface area contributed by atoms with Crippen molar-refractivity contribution in [3.05, 3.63) is 35.9 Å². The van der Waals surface area contributed by atoms with E-state index in [0.717, 1.165) is 19.3 Å². The monoisotopic (exact) mass is 219 g/mol. The minimum absolute atomic E-state index is 0.0133. The Bertz CT molecular complexity index is 319. The second-order valence-corrected chi connectivity index (χ2v) is 5.16. The SMILES string of the molecule is NCC1(CO)CCC(Cc2ccccc2)C1. The fraction of sp³-hybridized carbons (Fsp3) is 0.571. The molecule has 1 aliphatic carbocycles. The van der Waals surface area contributed by atoms with Crippen LogP contribution in [0.4, 0.5) is 0 Å². The first-order valence-corrected chi connectivity index (χ1v) is 6.13.